The zero-order valence-electron chi connectivity index (χ0n) is 12.7. The maximum atomic E-state index is 12.4. The summed E-state index contributed by atoms with van der Waals surface area (Å²) in [6.45, 7) is 1.70. The van der Waals surface area contributed by atoms with Crippen molar-refractivity contribution in [2.45, 2.75) is 25.1 Å². The Kier molecular flexibility index (Phi) is 4.99. The van der Waals surface area contributed by atoms with Gasteiger partial charge in [0.25, 0.3) is 0 Å². The first kappa shape index (κ1) is 15.6. The van der Waals surface area contributed by atoms with E-state index in [2.05, 4.69) is 5.32 Å². The van der Waals surface area contributed by atoms with Crippen molar-refractivity contribution in [1.29, 1.82) is 0 Å². The van der Waals surface area contributed by atoms with Gasteiger partial charge in [-0.2, -0.15) is 0 Å². The normalized spacial score (nSPS) is 19.5. The molecule has 7 heteroatoms. The highest BCUT2D eigenvalue weighted by molar-refractivity contribution is 5.74. The van der Waals surface area contributed by atoms with Gasteiger partial charge in [-0.25, -0.2) is 4.79 Å². The Hall–Kier alpha value is -2.25. The third-order valence-corrected chi connectivity index (χ3v) is 3.85. The Balaban J connectivity index is 1.58. The number of aliphatic hydroxyl groups is 1. The Morgan fingerprint density at radius 2 is 2.17 bits per heavy atom. The molecule has 1 aliphatic heterocycles. The molecule has 2 N–H and O–H groups in total. The Morgan fingerprint density at radius 3 is 2.91 bits per heavy atom. The molecule has 0 spiro atoms. The van der Waals surface area contributed by atoms with E-state index in [4.69, 9.17) is 13.6 Å². The lowest BCUT2D eigenvalue weighted by atomic mass is 10.1. The van der Waals surface area contributed by atoms with Gasteiger partial charge in [0.05, 0.1) is 38.3 Å². The fourth-order valence-corrected chi connectivity index (χ4v) is 2.65. The van der Waals surface area contributed by atoms with E-state index in [-0.39, 0.29) is 12.1 Å². The van der Waals surface area contributed by atoms with Gasteiger partial charge in [0.2, 0.25) is 0 Å². The second kappa shape index (κ2) is 7.34. The van der Waals surface area contributed by atoms with Crippen LogP contribution in [-0.2, 0) is 11.3 Å². The van der Waals surface area contributed by atoms with Gasteiger partial charge in [-0.3, -0.25) is 0 Å². The molecule has 2 atom stereocenters. The number of aliphatic hydroxyl groups excluding tert-OH is 1. The standard InChI is InChI=1S/C16H20N2O5/c19-14(15-4-2-7-23-15)9-12-11-21-8-5-18(12)16(20)17-10-13-3-1-6-22-13/h1-4,6-7,12,14,19H,5,8-11H2,(H,17,20). The van der Waals surface area contributed by atoms with E-state index in [9.17, 15) is 9.90 Å². The van der Waals surface area contributed by atoms with Gasteiger partial charge in [-0.15, -0.1) is 0 Å². The molecule has 1 aliphatic rings. The van der Waals surface area contributed by atoms with Crippen LogP contribution in [0, 0.1) is 0 Å². The number of carbonyl (C=O) groups excluding carboxylic acids is 1. The van der Waals surface area contributed by atoms with E-state index < -0.39 is 6.10 Å². The van der Waals surface area contributed by atoms with Crippen molar-refractivity contribution in [3.05, 3.63) is 48.3 Å². The van der Waals surface area contributed by atoms with E-state index in [1.54, 1.807) is 35.4 Å². The van der Waals surface area contributed by atoms with E-state index in [1.807, 2.05) is 0 Å². The lowest BCUT2D eigenvalue weighted by Gasteiger charge is -2.36. The van der Waals surface area contributed by atoms with Gasteiger partial charge < -0.3 is 28.9 Å². The largest absolute Gasteiger partial charge is 0.467 e. The topological polar surface area (TPSA) is 88.1 Å². The quantitative estimate of drug-likeness (QED) is 0.878. The van der Waals surface area contributed by atoms with E-state index in [1.165, 1.54) is 6.26 Å². The molecule has 0 bridgehead atoms. The van der Waals surface area contributed by atoms with Crippen LogP contribution in [0.2, 0.25) is 0 Å². The Labute approximate surface area is 133 Å². The minimum absolute atomic E-state index is 0.193. The zero-order chi connectivity index (χ0) is 16.1. The fourth-order valence-electron chi connectivity index (χ4n) is 2.65. The number of nitrogens with one attached hydrogen (secondary N) is 1. The predicted molar refractivity (Wildman–Crippen MR) is 80.5 cm³/mol. The lowest BCUT2D eigenvalue weighted by molar-refractivity contribution is -0.00980. The monoisotopic (exact) mass is 320 g/mol. The molecule has 2 aromatic heterocycles. The number of morpholine rings is 1. The maximum absolute atomic E-state index is 12.4. The van der Waals surface area contributed by atoms with Crippen LogP contribution >= 0.6 is 0 Å². The summed E-state index contributed by atoms with van der Waals surface area (Å²) in [5, 5.41) is 13.0. The summed E-state index contributed by atoms with van der Waals surface area (Å²) in [5.74, 6) is 1.19. The van der Waals surface area contributed by atoms with Crippen molar-refractivity contribution in [3.63, 3.8) is 0 Å². The second-order valence-electron chi connectivity index (χ2n) is 5.43. The van der Waals surface area contributed by atoms with Gasteiger partial charge in [0, 0.05) is 13.0 Å². The summed E-state index contributed by atoms with van der Waals surface area (Å²) < 4.78 is 15.9. The first-order valence-corrected chi connectivity index (χ1v) is 7.60. The van der Waals surface area contributed by atoms with Crippen molar-refractivity contribution < 1.29 is 23.5 Å². The van der Waals surface area contributed by atoms with Gasteiger partial charge in [-0.05, 0) is 24.3 Å². The number of carbonyl (C=O) groups is 1. The smallest absolute Gasteiger partial charge is 0.318 e. The van der Waals surface area contributed by atoms with Crippen LogP contribution in [0.5, 0.6) is 0 Å². The molecule has 7 nitrogen and oxygen atoms in total. The summed E-state index contributed by atoms with van der Waals surface area (Å²) in [6.07, 6.45) is 2.68. The average molecular weight is 320 g/mol. The Morgan fingerprint density at radius 1 is 1.35 bits per heavy atom. The van der Waals surface area contributed by atoms with Crippen LogP contribution in [0.3, 0.4) is 0 Å². The van der Waals surface area contributed by atoms with Gasteiger partial charge >= 0.3 is 6.03 Å². The number of nitrogens with zero attached hydrogens (tertiary/aromatic N) is 1. The highest BCUT2D eigenvalue weighted by Gasteiger charge is 2.30. The summed E-state index contributed by atoms with van der Waals surface area (Å²) in [5.41, 5.74) is 0. The number of furan rings is 2. The van der Waals surface area contributed by atoms with Crippen LogP contribution in [0.15, 0.2) is 45.6 Å². The maximum Gasteiger partial charge on any atom is 0.318 e. The number of hydrogen-bond donors (Lipinski definition) is 2. The van der Waals surface area contributed by atoms with Gasteiger partial charge in [-0.1, -0.05) is 0 Å². The van der Waals surface area contributed by atoms with E-state index in [0.717, 1.165) is 0 Å². The van der Waals surface area contributed by atoms with Crippen LogP contribution in [0.4, 0.5) is 4.79 Å². The molecule has 2 aromatic rings. The molecule has 124 valence electrons. The number of ether oxygens (including phenoxy) is 1. The fraction of sp³-hybridized carbons (Fsp3) is 0.438. The second-order valence-corrected chi connectivity index (χ2v) is 5.43. The molecule has 1 saturated heterocycles. The predicted octanol–water partition coefficient (Wildman–Crippen LogP) is 1.91. The zero-order valence-corrected chi connectivity index (χ0v) is 12.7. The minimum Gasteiger partial charge on any atom is -0.467 e. The summed E-state index contributed by atoms with van der Waals surface area (Å²) in [7, 11) is 0. The molecular weight excluding hydrogens is 300 g/mol. The molecule has 2 amide bonds. The third kappa shape index (κ3) is 3.94. The van der Waals surface area contributed by atoms with Crippen molar-refractivity contribution in [1.82, 2.24) is 10.2 Å². The first-order chi connectivity index (χ1) is 11.2. The van der Waals surface area contributed by atoms with Crippen molar-refractivity contribution in [2.75, 3.05) is 19.8 Å². The van der Waals surface area contributed by atoms with Crippen LogP contribution in [0.25, 0.3) is 0 Å². The molecule has 3 heterocycles. The van der Waals surface area contributed by atoms with E-state index >= 15 is 0 Å². The molecule has 3 rings (SSSR count). The van der Waals surface area contributed by atoms with Crippen LogP contribution < -0.4 is 5.32 Å². The first-order valence-electron chi connectivity index (χ1n) is 7.60. The molecule has 0 aromatic carbocycles. The highest BCUT2D eigenvalue weighted by Crippen LogP contribution is 2.23. The SMILES string of the molecule is O=C(NCc1ccco1)N1CCOCC1CC(O)c1ccco1. The number of hydrogen-bond acceptors (Lipinski definition) is 5. The molecule has 0 aliphatic carbocycles. The number of amides is 2. The Bertz CT molecular complexity index is 596. The third-order valence-electron chi connectivity index (χ3n) is 3.85. The van der Waals surface area contributed by atoms with Gasteiger partial charge in [0.1, 0.15) is 17.6 Å². The highest BCUT2D eigenvalue weighted by atomic mass is 16.5. The van der Waals surface area contributed by atoms with Crippen LogP contribution in [0.1, 0.15) is 24.0 Å². The molecule has 23 heavy (non-hydrogen) atoms. The molecule has 0 saturated carbocycles. The minimum atomic E-state index is -0.767. The number of urea groups is 1. The summed E-state index contributed by atoms with van der Waals surface area (Å²) in [4.78, 5) is 14.1. The van der Waals surface area contributed by atoms with Gasteiger partial charge in [0.15, 0.2) is 0 Å². The summed E-state index contributed by atoms with van der Waals surface area (Å²) >= 11 is 0. The number of rotatable bonds is 5. The lowest BCUT2D eigenvalue weighted by Crippen LogP contribution is -2.52. The molecular formula is C16H20N2O5. The molecule has 2 unspecified atom stereocenters. The van der Waals surface area contributed by atoms with Crippen molar-refractivity contribution >= 4 is 6.03 Å². The molecule has 0 radical (unpaired) electrons. The van der Waals surface area contributed by atoms with Crippen molar-refractivity contribution in [2.24, 2.45) is 0 Å². The average Bonchev–Trinajstić information content (AvgIpc) is 3.26. The van der Waals surface area contributed by atoms with Crippen LogP contribution in [-0.4, -0.2) is 41.8 Å². The summed E-state index contributed by atoms with van der Waals surface area (Å²) in [6, 6.07) is 6.62. The van der Waals surface area contributed by atoms with Crippen molar-refractivity contribution in [3.8, 4) is 0 Å². The molecule has 1 fully saturated rings. The van der Waals surface area contributed by atoms with E-state index in [0.29, 0.717) is 44.2 Å².